The molecule has 1 fully saturated rings. The van der Waals surface area contributed by atoms with Gasteiger partial charge in [0.15, 0.2) is 0 Å². The first-order valence-electron chi connectivity index (χ1n) is 11.2. The van der Waals surface area contributed by atoms with E-state index in [0.29, 0.717) is 31.5 Å². The van der Waals surface area contributed by atoms with E-state index < -0.39 is 0 Å². The molecule has 0 bridgehead atoms. The minimum absolute atomic E-state index is 0.0324. The summed E-state index contributed by atoms with van der Waals surface area (Å²) in [7, 11) is 3.59. The van der Waals surface area contributed by atoms with Crippen molar-refractivity contribution in [2.45, 2.75) is 52.0 Å². The van der Waals surface area contributed by atoms with Gasteiger partial charge in [0.25, 0.3) is 5.91 Å². The second-order valence-electron chi connectivity index (χ2n) is 8.59. The van der Waals surface area contributed by atoms with E-state index in [1.54, 1.807) is 7.11 Å². The number of rotatable bonds is 5. The Bertz CT molecular complexity index is 975. The van der Waals surface area contributed by atoms with E-state index in [-0.39, 0.29) is 11.8 Å². The molecule has 2 aromatic rings. The van der Waals surface area contributed by atoms with Crippen LogP contribution in [0.2, 0.25) is 0 Å². The number of ether oxygens (including phenoxy) is 1. The fourth-order valence-corrected chi connectivity index (χ4v) is 4.74. The Labute approximate surface area is 184 Å². The predicted molar refractivity (Wildman–Crippen MR) is 118 cm³/mol. The summed E-state index contributed by atoms with van der Waals surface area (Å²) >= 11 is 0. The van der Waals surface area contributed by atoms with Crippen LogP contribution in [0, 0.1) is 6.92 Å². The summed E-state index contributed by atoms with van der Waals surface area (Å²) in [5, 5.41) is 4.71. The molecule has 0 spiro atoms. The topological polar surface area (TPSA) is 67.7 Å². The largest absolute Gasteiger partial charge is 0.497 e. The zero-order valence-electron chi connectivity index (χ0n) is 18.8. The van der Waals surface area contributed by atoms with Crippen molar-refractivity contribution in [1.82, 2.24) is 19.6 Å². The van der Waals surface area contributed by atoms with E-state index in [9.17, 15) is 9.59 Å². The average Bonchev–Trinajstić information content (AvgIpc) is 3.12. The summed E-state index contributed by atoms with van der Waals surface area (Å²) in [5.41, 5.74) is 4.85. The molecule has 0 N–H and O–H groups in total. The molecule has 0 atom stereocenters. The lowest BCUT2D eigenvalue weighted by Gasteiger charge is -2.29. The van der Waals surface area contributed by atoms with E-state index in [2.05, 4.69) is 0 Å². The van der Waals surface area contributed by atoms with E-state index in [1.165, 1.54) is 12.1 Å². The molecule has 2 aliphatic heterocycles. The lowest BCUT2D eigenvalue weighted by molar-refractivity contribution is -0.132. The van der Waals surface area contributed by atoms with Gasteiger partial charge in [-0.3, -0.25) is 14.3 Å². The number of fused-ring (bicyclic) bond motifs is 1. The van der Waals surface area contributed by atoms with Crippen LogP contribution in [0.15, 0.2) is 18.2 Å². The van der Waals surface area contributed by atoms with E-state index >= 15 is 0 Å². The molecule has 2 amide bonds. The Morgan fingerprint density at radius 3 is 2.58 bits per heavy atom. The lowest BCUT2D eigenvalue weighted by atomic mass is 10.0. The molecule has 2 aliphatic rings. The fourth-order valence-electron chi connectivity index (χ4n) is 4.74. The summed E-state index contributed by atoms with van der Waals surface area (Å²) < 4.78 is 7.19. The van der Waals surface area contributed by atoms with E-state index in [4.69, 9.17) is 9.84 Å². The van der Waals surface area contributed by atoms with E-state index in [1.807, 2.05) is 46.7 Å². The van der Waals surface area contributed by atoms with Crippen LogP contribution < -0.4 is 4.74 Å². The van der Waals surface area contributed by atoms with Crippen LogP contribution >= 0.6 is 0 Å². The van der Waals surface area contributed by atoms with Gasteiger partial charge in [0.05, 0.1) is 12.8 Å². The molecular weight excluding hydrogens is 392 g/mol. The number of hydrogen-bond acceptors (Lipinski definition) is 4. The van der Waals surface area contributed by atoms with Gasteiger partial charge in [-0.2, -0.15) is 5.10 Å². The lowest BCUT2D eigenvalue weighted by Crippen LogP contribution is -2.37. The quantitative estimate of drug-likeness (QED) is 0.740. The highest BCUT2D eigenvalue weighted by Crippen LogP contribution is 2.26. The predicted octanol–water partition coefficient (Wildman–Crippen LogP) is 2.88. The number of carbonyl (C=O) groups is 2. The van der Waals surface area contributed by atoms with Gasteiger partial charge in [-0.1, -0.05) is 0 Å². The van der Waals surface area contributed by atoms with Crippen LogP contribution in [-0.2, 0) is 31.2 Å². The van der Waals surface area contributed by atoms with Crippen molar-refractivity contribution in [3.05, 3.63) is 46.3 Å². The van der Waals surface area contributed by atoms with Gasteiger partial charge < -0.3 is 14.5 Å². The van der Waals surface area contributed by atoms with Crippen LogP contribution in [-0.4, -0.2) is 58.1 Å². The van der Waals surface area contributed by atoms with Gasteiger partial charge in [0.2, 0.25) is 5.91 Å². The second kappa shape index (κ2) is 9.12. The summed E-state index contributed by atoms with van der Waals surface area (Å²) in [6, 6.07) is 5.56. The summed E-state index contributed by atoms with van der Waals surface area (Å²) in [4.78, 5) is 29.7. The Morgan fingerprint density at radius 2 is 1.87 bits per heavy atom. The van der Waals surface area contributed by atoms with Crippen molar-refractivity contribution >= 4 is 11.8 Å². The van der Waals surface area contributed by atoms with Crippen LogP contribution in [0.5, 0.6) is 5.75 Å². The molecule has 1 aromatic carbocycles. The number of carbonyl (C=O) groups excluding carboxylic acids is 2. The molecule has 7 nitrogen and oxygen atoms in total. The van der Waals surface area contributed by atoms with Crippen molar-refractivity contribution in [3.63, 3.8) is 0 Å². The highest BCUT2D eigenvalue weighted by molar-refractivity contribution is 5.96. The van der Waals surface area contributed by atoms with Crippen LogP contribution in [0.3, 0.4) is 0 Å². The molecular formula is C24H32N4O3. The van der Waals surface area contributed by atoms with Crippen LogP contribution in [0.25, 0.3) is 0 Å². The van der Waals surface area contributed by atoms with Gasteiger partial charge in [-0.15, -0.1) is 0 Å². The first-order chi connectivity index (χ1) is 15.0. The van der Waals surface area contributed by atoms with E-state index in [0.717, 1.165) is 54.9 Å². The first-order valence-corrected chi connectivity index (χ1v) is 11.2. The Hall–Kier alpha value is -2.83. The SMILES string of the molecule is COc1ccc(C(=O)N2CCc3c(c(CCC(=O)N4CCCCC4)nn3C)C2)c(C)c1. The molecule has 0 radical (unpaired) electrons. The molecule has 1 saturated heterocycles. The number of amides is 2. The number of benzene rings is 1. The maximum Gasteiger partial charge on any atom is 0.254 e. The number of hydrogen-bond donors (Lipinski definition) is 0. The molecule has 0 saturated carbocycles. The third-order valence-electron chi connectivity index (χ3n) is 6.56. The van der Waals surface area contributed by atoms with Crippen LogP contribution in [0.1, 0.15) is 58.6 Å². The van der Waals surface area contributed by atoms with Crippen molar-refractivity contribution in [1.29, 1.82) is 0 Å². The van der Waals surface area contributed by atoms with Gasteiger partial charge >= 0.3 is 0 Å². The molecule has 166 valence electrons. The maximum absolute atomic E-state index is 13.2. The Kier molecular flexibility index (Phi) is 6.30. The zero-order valence-corrected chi connectivity index (χ0v) is 18.8. The molecule has 7 heteroatoms. The molecule has 3 heterocycles. The van der Waals surface area contributed by atoms with Crippen molar-refractivity contribution < 1.29 is 14.3 Å². The third-order valence-corrected chi connectivity index (χ3v) is 6.56. The van der Waals surface area contributed by atoms with Crippen LogP contribution in [0.4, 0.5) is 0 Å². The Morgan fingerprint density at radius 1 is 1.10 bits per heavy atom. The molecule has 0 unspecified atom stereocenters. The number of likely N-dealkylation sites (tertiary alicyclic amines) is 1. The molecule has 1 aromatic heterocycles. The van der Waals surface area contributed by atoms with Crippen molar-refractivity contribution in [2.24, 2.45) is 7.05 Å². The van der Waals surface area contributed by atoms with Gasteiger partial charge in [0, 0.05) is 69.3 Å². The summed E-state index contributed by atoms with van der Waals surface area (Å²) in [6.07, 6.45) is 5.31. The van der Waals surface area contributed by atoms with Gasteiger partial charge in [0.1, 0.15) is 5.75 Å². The minimum atomic E-state index is 0.0324. The maximum atomic E-state index is 13.2. The number of aromatic nitrogens is 2. The monoisotopic (exact) mass is 424 g/mol. The molecule has 4 rings (SSSR count). The zero-order chi connectivity index (χ0) is 22.0. The van der Waals surface area contributed by atoms with Gasteiger partial charge in [-0.25, -0.2) is 0 Å². The summed E-state index contributed by atoms with van der Waals surface area (Å²) in [6.45, 7) is 4.90. The smallest absolute Gasteiger partial charge is 0.254 e. The highest BCUT2D eigenvalue weighted by atomic mass is 16.5. The summed E-state index contributed by atoms with van der Waals surface area (Å²) in [5.74, 6) is 1.00. The molecule has 0 aliphatic carbocycles. The third kappa shape index (κ3) is 4.45. The average molecular weight is 425 g/mol. The van der Waals surface area contributed by atoms with Crippen molar-refractivity contribution in [2.75, 3.05) is 26.7 Å². The number of nitrogens with zero attached hydrogens (tertiary/aromatic N) is 4. The number of piperidine rings is 1. The number of methoxy groups -OCH3 is 1. The normalized spacial score (nSPS) is 16.2. The van der Waals surface area contributed by atoms with Gasteiger partial charge in [-0.05, 0) is 49.9 Å². The standard InChI is InChI=1S/C24H32N4O3/c1-17-15-18(31-3)7-8-19(17)24(30)28-14-11-22-20(16-28)21(25-26(22)2)9-10-23(29)27-12-5-4-6-13-27/h7-8,15H,4-6,9-14,16H2,1-3H3. The minimum Gasteiger partial charge on any atom is -0.497 e. The fraction of sp³-hybridized carbons (Fsp3) is 0.542. The van der Waals surface area contributed by atoms with Crippen molar-refractivity contribution in [3.8, 4) is 5.75 Å². The molecule has 31 heavy (non-hydrogen) atoms. The number of aryl methyl sites for hydroxylation is 3. The second-order valence-corrected chi connectivity index (χ2v) is 8.59. The highest BCUT2D eigenvalue weighted by Gasteiger charge is 2.28. The Balaban J connectivity index is 1.47. The first kappa shape index (κ1) is 21.4.